The van der Waals surface area contributed by atoms with Crippen LogP contribution in [0.4, 0.5) is 0 Å². The number of oxazole rings is 1. The first kappa shape index (κ1) is 17.6. The number of rotatable bonds is 4. The van der Waals surface area contributed by atoms with Crippen LogP contribution in [0.25, 0.3) is 11.1 Å². The molecule has 9 heteroatoms. The molecular weight excluding hydrogens is 362 g/mol. The van der Waals surface area contributed by atoms with Gasteiger partial charge in [-0.1, -0.05) is 23.7 Å². The van der Waals surface area contributed by atoms with E-state index in [4.69, 9.17) is 16.0 Å². The maximum atomic E-state index is 12.0. The van der Waals surface area contributed by atoms with Gasteiger partial charge in [0.15, 0.2) is 5.58 Å². The Kier molecular flexibility index (Phi) is 4.94. The lowest BCUT2D eigenvalue weighted by Crippen LogP contribution is -2.42. The van der Waals surface area contributed by atoms with Crippen molar-refractivity contribution in [2.75, 3.05) is 0 Å². The van der Waals surface area contributed by atoms with Crippen LogP contribution in [-0.2, 0) is 11.3 Å². The van der Waals surface area contributed by atoms with Crippen molar-refractivity contribution in [2.45, 2.75) is 13.0 Å². The minimum Gasteiger partial charge on any atom is -0.507 e. The van der Waals surface area contributed by atoms with Gasteiger partial charge >= 0.3 is 5.76 Å². The Hall–Kier alpha value is -3.26. The van der Waals surface area contributed by atoms with Crippen molar-refractivity contribution >= 4 is 34.5 Å². The monoisotopic (exact) mass is 375 g/mol. The number of carbonyl (C=O) groups is 2. The van der Waals surface area contributed by atoms with E-state index in [0.29, 0.717) is 11.1 Å². The van der Waals surface area contributed by atoms with Gasteiger partial charge in [0.25, 0.3) is 5.91 Å². The van der Waals surface area contributed by atoms with Gasteiger partial charge < -0.3 is 9.52 Å². The molecule has 2 amide bonds. The normalized spacial score (nSPS) is 10.7. The van der Waals surface area contributed by atoms with E-state index in [0.717, 1.165) is 0 Å². The molecule has 1 heterocycles. The molecule has 0 spiro atoms. The number of hydrazine groups is 1. The molecular formula is C17H14ClN3O5. The molecule has 0 unspecified atom stereocenters. The number of fused-ring (bicyclic) bond motifs is 1. The van der Waals surface area contributed by atoms with Crippen LogP contribution < -0.4 is 16.6 Å². The van der Waals surface area contributed by atoms with Gasteiger partial charge in [-0.05, 0) is 30.3 Å². The van der Waals surface area contributed by atoms with Gasteiger partial charge in [-0.15, -0.1) is 0 Å². The summed E-state index contributed by atoms with van der Waals surface area (Å²) >= 11 is 5.77. The zero-order valence-electron chi connectivity index (χ0n) is 13.4. The molecule has 0 saturated carbocycles. The highest BCUT2D eigenvalue weighted by atomic mass is 35.5. The van der Waals surface area contributed by atoms with E-state index in [-0.39, 0.29) is 29.3 Å². The molecule has 1 aromatic heterocycles. The molecule has 3 aromatic rings. The predicted molar refractivity (Wildman–Crippen MR) is 93.8 cm³/mol. The Bertz CT molecular complexity index is 1040. The van der Waals surface area contributed by atoms with E-state index >= 15 is 0 Å². The SMILES string of the molecule is O=C(CCn1c(=O)oc2ccccc21)NNC(=O)c1cc(Cl)ccc1O. The first-order valence-electron chi connectivity index (χ1n) is 7.62. The Morgan fingerprint density at radius 3 is 2.73 bits per heavy atom. The quantitative estimate of drug-likeness (QED) is 0.602. The lowest BCUT2D eigenvalue weighted by Gasteiger charge is -2.09. The fourth-order valence-corrected chi connectivity index (χ4v) is 2.56. The van der Waals surface area contributed by atoms with Crippen LogP contribution in [-0.4, -0.2) is 21.5 Å². The number of nitrogens with one attached hydrogen (secondary N) is 2. The molecule has 0 bridgehead atoms. The van der Waals surface area contributed by atoms with Crippen LogP contribution in [0.2, 0.25) is 5.02 Å². The molecule has 0 aliphatic rings. The largest absolute Gasteiger partial charge is 0.507 e. The standard InChI is InChI=1S/C17H14ClN3O5/c18-10-5-6-13(22)11(9-10)16(24)20-19-15(23)7-8-21-12-3-1-2-4-14(12)26-17(21)25/h1-6,9,22H,7-8H2,(H,19,23)(H,20,24). The average molecular weight is 376 g/mol. The van der Waals surface area contributed by atoms with Crippen molar-refractivity contribution in [1.29, 1.82) is 0 Å². The number of phenolic OH excluding ortho intramolecular Hbond substituents is 1. The van der Waals surface area contributed by atoms with E-state index < -0.39 is 17.6 Å². The van der Waals surface area contributed by atoms with E-state index in [9.17, 15) is 19.5 Å². The van der Waals surface area contributed by atoms with Gasteiger partial charge in [-0.2, -0.15) is 0 Å². The second-order valence-electron chi connectivity index (χ2n) is 5.40. The fraction of sp³-hybridized carbons (Fsp3) is 0.118. The highest BCUT2D eigenvalue weighted by Gasteiger charge is 2.14. The van der Waals surface area contributed by atoms with Crippen LogP contribution in [0, 0.1) is 0 Å². The van der Waals surface area contributed by atoms with Gasteiger partial charge in [-0.25, -0.2) is 4.79 Å². The lowest BCUT2D eigenvalue weighted by molar-refractivity contribution is -0.122. The van der Waals surface area contributed by atoms with E-state index in [2.05, 4.69) is 10.9 Å². The first-order chi connectivity index (χ1) is 12.5. The summed E-state index contributed by atoms with van der Waals surface area (Å²) in [6.07, 6.45) is -0.0642. The topological polar surface area (TPSA) is 114 Å². The van der Waals surface area contributed by atoms with Crippen LogP contribution in [0.5, 0.6) is 5.75 Å². The van der Waals surface area contributed by atoms with Gasteiger partial charge in [0.1, 0.15) is 5.75 Å². The number of phenols is 1. The van der Waals surface area contributed by atoms with Crippen molar-refractivity contribution in [2.24, 2.45) is 0 Å². The Labute approximate surface area is 152 Å². The van der Waals surface area contributed by atoms with Crippen molar-refractivity contribution in [3.05, 3.63) is 63.6 Å². The molecule has 0 saturated heterocycles. The number of hydrogen-bond acceptors (Lipinski definition) is 5. The van der Waals surface area contributed by atoms with Crippen molar-refractivity contribution < 1.29 is 19.1 Å². The molecule has 26 heavy (non-hydrogen) atoms. The summed E-state index contributed by atoms with van der Waals surface area (Å²) in [5.41, 5.74) is 5.34. The Morgan fingerprint density at radius 1 is 1.15 bits per heavy atom. The van der Waals surface area contributed by atoms with Crippen molar-refractivity contribution in [3.63, 3.8) is 0 Å². The predicted octanol–water partition coefficient (Wildman–Crippen LogP) is 1.80. The van der Waals surface area contributed by atoms with Crippen LogP contribution in [0.3, 0.4) is 0 Å². The number of aryl methyl sites for hydroxylation is 1. The molecule has 134 valence electrons. The van der Waals surface area contributed by atoms with Crippen LogP contribution in [0.1, 0.15) is 16.8 Å². The summed E-state index contributed by atoms with van der Waals surface area (Å²) in [5, 5.41) is 9.92. The second-order valence-corrected chi connectivity index (χ2v) is 5.84. The third kappa shape index (κ3) is 3.70. The second kappa shape index (κ2) is 7.32. The highest BCUT2D eigenvalue weighted by molar-refractivity contribution is 6.31. The zero-order chi connectivity index (χ0) is 18.7. The lowest BCUT2D eigenvalue weighted by atomic mass is 10.2. The molecule has 8 nitrogen and oxygen atoms in total. The summed E-state index contributed by atoms with van der Waals surface area (Å²) < 4.78 is 6.41. The summed E-state index contributed by atoms with van der Waals surface area (Å²) in [5.74, 6) is -2.06. The number of carbonyl (C=O) groups excluding carboxylic acids is 2. The van der Waals surface area contributed by atoms with E-state index in [1.54, 1.807) is 24.3 Å². The average Bonchev–Trinajstić information content (AvgIpc) is 2.95. The molecule has 0 aliphatic heterocycles. The van der Waals surface area contributed by atoms with Gasteiger partial charge in [-0.3, -0.25) is 25.0 Å². The van der Waals surface area contributed by atoms with Crippen LogP contribution >= 0.6 is 11.6 Å². The molecule has 0 atom stereocenters. The number of aromatic nitrogens is 1. The molecule has 0 radical (unpaired) electrons. The highest BCUT2D eigenvalue weighted by Crippen LogP contribution is 2.21. The van der Waals surface area contributed by atoms with Crippen molar-refractivity contribution in [1.82, 2.24) is 15.4 Å². The number of halogens is 1. The fourth-order valence-electron chi connectivity index (χ4n) is 2.39. The number of aromatic hydroxyl groups is 1. The van der Waals surface area contributed by atoms with Crippen molar-refractivity contribution in [3.8, 4) is 5.75 Å². The van der Waals surface area contributed by atoms with Crippen LogP contribution in [0.15, 0.2) is 51.7 Å². The smallest absolute Gasteiger partial charge is 0.419 e. The summed E-state index contributed by atoms with van der Waals surface area (Å²) in [4.78, 5) is 35.7. The summed E-state index contributed by atoms with van der Waals surface area (Å²) in [7, 11) is 0. The molecule has 3 N–H and O–H groups in total. The van der Waals surface area contributed by atoms with Gasteiger partial charge in [0, 0.05) is 18.0 Å². The molecule has 2 aromatic carbocycles. The van der Waals surface area contributed by atoms with Gasteiger partial charge in [0.2, 0.25) is 5.91 Å². The molecule has 3 rings (SSSR count). The third-order valence-electron chi connectivity index (χ3n) is 3.65. The Morgan fingerprint density at radius 2 is 1.92 bits per heavy atom. The number of amides is 2. The number of benzene rings is 2. The maximum absolute atomic E-state index is 12.0. The minimum absolute atomic E-state index is 0.0642. The maximum Gasteiger partial charge on any atom is 0.419 e. The number of nitrogens with zero attached hydrogens (tertiary/aromatic N) is 1. The number of para-hydroxylation sites is 2. The molecule has 0 aliphatic carbocycles. The third-order valence-corrected chi connectivity index (χ3v) is 3.89. The van der Waals surface area contributed by atoms with E-state index in [1.165, 1.54) is 22.8 Å². The van der Waals surface area contributed by atoms with E-state index in [1.807, 2.05) is 0 Å². The molecule has 0 fully saturated rings. The zero-order valence-corrected chi connectivity index (χ0v) is 14.1. The Balaban J connectivity index is 1.59. The van der Waals surface area contributed by atoms with Gasteiger partial charge in [0.05, 0.1) is 11.1 Å². The number of hydrogen-bond donors (Lipinski definition) is 3. The minimum atomic E-state index is -0.718. The summed E-state index contributed by atoms with van der Waals surface area (Å²) in [6, 6.07) is 10.8. The summed E-state index contributed by atoms with van der Waals surface area (Å²) in [6.45, 7) is 0.0833. The first-order valence-corrected chi connectivity index (χ1v) is 7.99.